The van der Waals surface area contributed by atoms with E-state index in [0.29, 0.717) is 12.4 Å². The second-order valence-corrected chi connectivity index (χ2v) is 4.37. The van der Waals surface area contributed by atoms with E-state index in [0.717, 1.165) is 0 Å². The minimum absolute atomic E-state index is 0.0794. The molecule has 1 heterocycles. The highest BCUT2D eigenvalue weighted by Crippen LogP contribution is 2.17. The lowest BCUT2D eigenvalue weighted by Gasteiger charge is -2.12. The first-order valence-electron chi connectivity index (χ1n) is 5.66. The van der Waals surface area contributed by atoms with Crippen molar-refractivity contribution in [3.63, 3.8) is 0 Å². The van der Waals surface area contributed by atoms with Crippen LogP contribution in [0.25, 0.3) is 0 Å². The average molecular weight is 231 g/mol. The third kappa shape index (κ3) is 2.36. The molecule has 0 aliphatic rings. The summed E-state index contributed by atoms with van der Waals surface area (Å²) in [6, 6.07) is 4.33. The maximum Gasteiger partial charge on any atom is 0.152 e. The third-order valence-corrected chi connectivity index (χ3v) is 2.99. The Labute approximate surface area is 101 Å². The lowest BCUT2D eigenvalue weighted by molar-refractivity contribution is 0.264. The maximum absolute atomic E-state index is 9.14. The number of rotatable bonds is 3. The highest BCUT2D eigenvalue weighted by Gasteiger charge is 2.08. The van der Waals surface area contributed by atoms with Gasteiger partial charge in [0.1, 0.15) is 12.9 Å². The SMILES string of the molecule is Cc1cc(C)c(Cn2ncnc2CO)c(C)c1. The number of nitrogens with zero attached hydrogens (tertiary/aromatic N) is 3. The molecule has 1 N–H and O–H groups in total. The molecular weight excluding hydrogens is 214 g/mol. The molecule has 17 heavy (non-hydrogen) atoms. The van der Waals surface area contributed by atoms with Crippen LogP contribution in [0, 0.1) is 20.8 Å². The van der Waals surface area contributed by atoms with Crippen molar-refractivity contribution < 1.29 is 5.11 Å². The van der Waals surface area contributed by atoms with Crippen LogP contribution in [0.2, 0.25) is 0 Å². The monoisotopic (exact) mass is 231 g/mol. The molecule has 0 saturated carbocycles. The van der Waals surface area contributed by atoms with E-state index in [9.17, 15) is 0 Å². The standard InChI is InChI=1S/C13H17N3O/c1-9-4-10(2)12(11(3)5-9)6-16-13(7-17)14-8-15-16/h4-5,8,17H,6-7H2,1-3H3. The Hall–Kier alpha value is -1.68. The average Bonchev–Trinajstić information content (AvgIpc) is 2.70. The van der Waals surface area contributed by atoms with Gasteiger partial charge in [0, 0.05) is 0 Å². The summed E-state index contributed by atoms with van der Waals surface area (Å²) in [5.41, 5.74) is 5.02. The predicted molar refractivity (Wildman–Crippen MR) is 65.7 cm³/mol. The number of aromatic nitrogens is 3. The Morgan fingerprint density at radius 2 is 1.82 bits per heavy atom. The Kier molecular flexibility index (Phi) is 3.24. The zero-order chi connectivity index (χ0) is 12.4. The van der Waals surface area contributed by atoms with E-state index < -0.39 is 0 Å². The van der Waals surface area contributed by atoms with Crippen molar-refractivity contribution in [3.05, 3.63) is 46.5 Å². The lowest BCUT2D eigenvalue weighted by atomic mass is 10.00. The fourth-order valence-corrected chi connectivity index (χ4v) is 2.15. The summed E-state index contributed by atoms with van der Waals surface area (Å²) in [6.45, 7) is 6.88. The molecule has 0 atom stereocenters. The molecule has 4 nitrogen and oxygen atoms in total. The van der Waals surface area contributed by atoms with E-state index >= 15 is 0 Å². The van der Waals surface area contributed by atoms with Gasteiger partial charge in [-0.3, -0.25) is 0 Å². The predicted octanol–water partition coefficient (Wildman–Crippen LogP) is 1.74. The van der Waals surface area contributed by atoms with Crippen molar-refractivity contribution in [2.24, 2.45) is 0 Å². The van der Waals surface area contributed by atoms with Crippen LogP contribution in [0.15, 0.2) is 18.5 Å². The number of hydrogen-bond donors (Lipinski definition) is 1. The van der Waals surface area contributed by atoms with Crippen LogP contribution in [0.4, 0.5) is 0 Å². The molecule has 0 amide bonds. The van der Waals surface area contributed by atoms with Crippen molar-refractivity contribution in [2.45, 2.75) is 33.9 Å². The number of aliphatic hydroxyl groups excluding tert-OH is 1. The van der Waals surface area contributed by atoms with Gasteiger partial charge in [0.2, 0.25) is 0 Å². The van der Waals surface area contributed by atoms with Gasteiger partial charge in [0.05, 0.1) is 6.54 Å². The highest BCUT2D eigenvalue weighted by molar-refractivity contribution is 5.37. The summed E-state index contributed by atoms with van der Waals surface area (Å²) in [5.74, 6) is 0.601. The summed E-state index contributed by atoms with van der Waals surface area (Å²) in [4.78, 5) is 4.01. The van der Waals surface area contributed by atoms with E-state index in [-0.39, 0.29) is 6.61 Å². The molecule has 0 spiro atoms. The molecular formula is C13H17N3O. The first kappa shape index (κ1) is 11.8. The van der Waals surface area contributed by atoms with Crippen molar-refractivity contribution in [3.8, 4) is 0 Å². The molecule has 1 aromatic carbocycles. The molecule has 0 fully saturated rings. The van der Waals surface area contributed by atoms with Crippen molar-refractivity contribution in [1.82, 2.24) is 14.8 Å². The molecule has 0 saturated heterocycles. The van der Waals surface area contributed by atoms with Crippen molar-refractivity contribution in [1.29, 1.82) is 0 Å². The number of aryl methyl sites for hydroxylation is 3. The van der Waals surface area contributed by atoms with Crippen LogP contribution in [0.1, 0.15) is 28.1 Å². The van der Waals surface area contributed by atoms with Gasteiger partial charge in [0.25, 0.3) is 0 Å². The lowest BCUT2D eigenvalue weighted by Crippen LogP contribution is -2.09. The van der Waals surface area contributed by atoms with Crippen LogP contribution in [-0.2, 0) is 13.2 Å². The molecule has 0 unspecified atom stereocenters. The van der Waals surface area contributed by atoms with Crippen LogP contribution >= 0.6 is 0 Å². The summed E-state index contributed by atoms with van der Waals surface area (Å²) < 4.78 is 1.74. The Bertz CT molecular complexity index is 508. The van der Waals surface area contributed by atoms with E-state index in [1.807, 2.05) is 0 Å². The van der Waals surface area contributed by atoms with Gasteiger partial charge in [-0.2, -0.15) is 5.10 Å². The minimum Gasteiger partial charge on any atom is -0.388 e. The number of hydrogen-bond acceptors (Lipinski definition) is 3. The summed E-state index contributed by atoms with van der Waals surface area (Å²) in [6.07, 6.45) is 1.48. The minimum atomic E-state index is -0.0794. The second kappa shape index (κ2) is 4.67. The largest absolute Gasteiger partial charge is 0.388 e. The maximum atomic E-state index is 9.14. The summed E-state index contributed by atoms with van der Waals surface area (Å²) in [7, 11) is 0. The van der Waals surface area contributed by atoms with Crippen LogP contribution in [0.5, 0.6) is 0 Å². The molecule has 0 radical (unpaired) electrons. The zero-order valence-electron chi connectivity index (χ0n) is 10.4. The third-order valence-electron chi connectivity index (χ3n) is 2.99. The molecule has 0 aliphatic heterocycles. The van der Waals surface area contributed by atoms with Gasteiger partial charge in [0.15, 0.2) is 5.82 Å². The summed E-state index contributed by atoms with van der Waals surface area (Å²) in [5, 5.41) is 13.3. The van der Waals surface area contributed by atoms with E-state index in [1.165, 1.54) is 28.6 Å². The normalized spacial score (nSPS) is 10.8. The quantitative estimate of drug-likeness (QED) is 0.875. The molecule has 0 aliphatic carbocycles. The van der Waals surface area contributed by atoms with Crippen molar-refractivity contribution >= 4 is 0 Å². The Morgan fingerprint density at radius 3 is 2.41 bits per heavy atom. The topological polar surface area (TPSA) is 50.9 Å². The zero-order valence-corrected chi connectivity index (χ0v) is 10.4. The fourth-order valence-electron chi connectivity index (χ4n) is 2.15. The van der Waals surface area contributed by atoms with Crippen LogP contribution in [-0.4, -0.2) is 19.9 Å². The van der Waals surface area contributed by atoms with Gasteiger partial charge in [-0.05, 0) is 37.5 Å². The molecule has 90 valence electrons. The smallest absolute Gasteiger partial charge is 0.152 e. The van der Waals surface area contributed by atoms with Gasteiger partial charge in [-0.25, -0.2) is 9.67 Å². The molecule has 2 aromatic rings. The van der Waals surface area contributed by atoms with Crippen LogP contribution < -0.4 is 0 Å². The Balaban J connectivity index is 2.36. The van der Waals surface area contributed by atoms with Gasteiger partial charge < -0.3 is 5.11 Å². The first-order chi connectivity index (χ1) is 8.11. The van der Waals surface area contributed by atoms with Crippen LogP contribution in [0.3, 0.4) is 0 Å². The van der Waals surface area contributed by atoms with E-state index in [1.54, 1.807) is 4.68 Å². The van der Waals surface area contributed by atoms with Crippen molar-refractivity contribution in [2.75, 3.05) is 0 Å². The molecule has 4 heteroatoms. The first-order valence-corrected chi connectivity index (χ1v) is 5.66. The number of aliphatic hydroxyl groups is 1. The van der Waals surface area contributed by atoms with Gasteiger partial charge in [-0.15, -0.1) is 0 Å². The molecule has 2 rings (SSSR count). The fraction of sp³-hybridized carbons (Fsp3) is 0.385. The van der Waals surface area contributed by atoms with Gasteiger partial charge >= 0.3 is 0 Å². The molecule has 0 bridgehead atoms. The van der Waals surface area contributed by atoms with Gasteiger partial charge in [-0.1, -0.05) is 17.7 Å². The molecule has 1 aromatic heterocycles. The number of benzene rings is 1. The van der Waals surface area contributed by atoms with E-state index in [2.05, 4.69) is 43.0 Å². The van der Waals surface area contributed by atoms with E-state index in [4.69, 9.17) is 5.11 Å². The summed E-state index contributed by atoms with van der Waals surface area (Å²) >= 11 is 0. The second-order valence-electron chi connectivity index (χ2n) is 4.37. The Morgan fingerprint density at radius 1 is 1.18 bits per heavy atom. The highest BCUT2D eigenvalue weighted by atomic mass is 16.3.